The van der Waals surface area contributed by atoms with Crippen LogP contribution >= 0.6 is 11.3 Å². The standard InChI is InChI=1S/C18H18O2S/c1-4-20-14-7-5-13(6-8-14)15-9-10-17(19-3)18-16(15)11-12(2)21-18/h5-11H,4H2,1-3H3. The van der Waals surface area contributed by atoms with Crippen molar-refractivity contribution in [2.45, 2.75) is 13.8 Å². The van der Waals surface area contributed by atoms with E-state index in [4.69, 9.17) is 9.47 Å². The van der Waals surface area contributed by atoms with Crippen LogP contribution in [0.3, 0.4) is 0 Å². The molecule has 0 fully saturated rings. The fourth-order valence-electron chi connectivity index (χ4n) is 2.53. The number of ether oxygens (including phenoxy) is 2. The van der Waals surface area contributed by atoms with Gasteiger partial charge in [-0.15, -0.1) is 11.3 Å². The number of aryl methyl sites for hydroxylation is 1. The van der Waals surface area contributed by atoms with Crippen molar-refractivity contribution in [3.8, 4) is 22.6 Å². The van der Waals surface area contributed by atoms with Crippen molar-refractivity contribution in [3.63, 3.8) is 0 Å². The van der Waals surface area contributed by atoms with Gasteiger partial charge in [-0.25, -0.2) is 0 Å². The Kier molecular flexibility index (Phi) is 3.84. The van der Waals surface area contributed by atoms with Gasteiger partial charge in [0.1, 0.15) is 11.5 Å². The number of benzene rings is 2. The van der Waals surface area contributed by atoms with Crippen LogP contribution < -0.4 is 9.47 Å². The zero-order valence-electron chi connectivity index (χ0n) is 12.5. The Balaban J connectivity index is 2.11. The molecular formula is C18H18O2S. The summed E-state index contributed by atoms with van der Waals surface area (Å²) in [5.41, 5.74) is 2.43. The highest BCUT2D eigenvalue weighted by Crippen LogP contribution is 2.39. The molecule has 0 unspecified atom stereocenters. The van der Waals surface area contributed by atoms with E-state index in [1.165, 1.54) is 26.1 Å². The molecule has 0 aliphatic rings. The van der Waals surface area contributed by atoms with Crippen molar-refractivity contribution in [2.24, 2.45) is 0 Å². The first-order chi connectivity index (χ1) is 10.2. The van der Waals surface area contributed by atoms with E-state index in [0.29, 0.717) is 6.61 Å². The molecule has 108 valence electrons. The molecule has 0 bridgehead atoms. The maximum Gasteiger partial charge on any atom is 0.136 e. The Morgan fingerprint density at radius 1 is 1.05 bits per heavy atom. The Bertz CT molecular complexity index is 757. The molecule has 0 spiro atoms. The molecule has 0 aliphatic heterocycles. The Morgan fingerprint density at radius 2 is 1.81 bits per heavy atom. The molecule has 2 aromatic carbocycles. The second kappa shape index (κ2) is 5.78. The smallest absolute Gasteiger partial charge is 0.136 e. The number of hydrogen-bond acceptors (Lipinski definition) is 3. The van der Waals surface area contributed by atoms with Gasteiger partial charge in [-0.05, 0) is 55.3 Å². The van der Waals surface area contributed by atoms with Gasteiger partial charge in [0.2, 0.25) is 0 Å². The van der Waals surface area contributed by atoms with E-state index in [0.717, 1.165) is 11.5 Å². The van der Waals surface area contributed by atoms with Crippen LogP contribution in [0.15, 0.2) is 42.5 Å². The molecule has 0 saturated carbocycles. The second-order valence-electron chi connectivity index (χ2n) is 4.87. The fourth-order valence-corrected chi connectivity index (χ4v) is 3.56. The summed E-state index contributed by atoms with van der Waals surface area (Å²) < 4.78 is 12.2. The summed E-state index contributed by atoms with van der Waals surface area (Å²) in [6.07, 6.45) is 0. The van der Waals surface area contributed by atoms with Gasteiger partial charge in [0.15, 0.2) is 0 Å². The number of methoxy groups -OCH3 is 1. The largest absolute Gasteiger partial charge is 0.495 e. The third kappa shape index (κ3) is 2.61. The van der Waals surface area contributed by atoms with Gasteiger partial charge in [-0.1, -0.05) is 12.1 Å². The summed E-state index contributed by atoms with van der Waals surface area (Å²) in [4.78, 5) is 1.29. The first-order valence-electron chi connectivity index (χ1n) is 7.03. The Hall–Kier alpha value is -2.00. The monoisotopic (exact) mass is 298 g/mol. The number of fused-ring (bicyclic) bond motifs is 1. The molecule has 21 heavy (non-hydrogen) atoms. The van der Waals surface area contributed by atoms with Crippen LogP contribution in [-0.2, 0) is 0 Å². The zero-order chi connectivity index (χ0) is 14.8. The number of thiophene rings is 1. The molecule has 0 N–H and O–H groups in total. The van der Waals surface area contributed by atoms with Gasteiger partial charge in [0, 0.05) is 10.3 Å². The van der Waals surface area contributed by atoms with E-state index in [9.17, 15) is 0 Å². The van der Waals surface area contributed by atoms with E-state index >= 15 is 0 Å². The van der Waals surface area contributed by atoms with E-state index < -0.39 is 0 Å². The topological polar surface area (TPSA) is 18.5 Å². The van der Waals surface area contributed by atoms with Gasteiger partial charge < -0.3 is 9.47 Å². The molecule has 0 atom stereocenters. The summed E-state index contributed by atoms with van der Waals surface area (Å²) in [6.45, 7) is 4.82. The first-order valence-corrected chi connectivity index (χ1v) is 7.85. The SMILES string of the molecule is CCOc1ccc(-c2ccc(OC)c3sc(C)cc23)cc1. The highest BCUT2D eigenvalue weighted by Gasteiger charge is 2.11. The van der Waals surface area contributed by atoms with Gasteiger partial charge >= 0.3 is 0 Å². The summed E-state index contributed by atoms with van der Waals surface area (Å²) >= 11 is 1.77. The Morgan fingerprint density at radius 3 is 2.48 bits per heavy atom. The van der Waals surface area contributed by atoms with Crippen molar-refractivity contribution < 1.29 is 9.47 Å². The maximum atomic E-state index is 5.51. The lowest BCUT2D eigenvalue weighted by Gasteiger charge is -2.08. The average Bonchev–Trinajstić information content (AvgIpc) is 2.89. The molecule has 0 aliphatic carbocycles. The summed E-state index contributed by atoms with van der Waals surface area (Å²) in [7, 11) is 1.72. The fraction of sp³-hybridized carbons (Fsp3) is 0.222. The van der Waals surface area contributed by atoms with Crippen LogP contribution in [0.25, 0.3) is 21.2 Å². The lowest BCUT2D eigenvalue weighted by Crippen LogP contribution is -1.90. The minimum atomic E-state index is 0.690. The third-order valence-corrected chi connectivity index (χ3v) is 4.53. The van der Waals surface area contributed by atoms with E-state index in [1.807, 2.05) is 25.1 Å². The molecule has 3 heteroatoms. The van der Waals surface area contributed by atoms with Gasteiger partial charge in [-0.3, -0.25) is 0 Å². The predicted octanol–water partition coefficient (Wildman–Crippen LogP) is 5.28. The Labute approximate surface area is 128 Å². The highest BCUT2D eigenvalue weighted by molar-refractivity contribution is 7.19. The predicted molar refractivity (Wildman–Crippen MR) is 89.7 cm³/mol. The third-order valence-electron chi connectivity index (χ3n) is 3.47. The summed E-state index contributed by atoms with van der Waals surface area (Å²) in [5, 5.41) is 1.25. The molecule has 0 saturated heterocycles. The van der Waals surface area contributed by atoms with Gasteiger partial charge in [0.25, 0.3) is 0 Å². The molecular weight excluding hydrogens is 280 g/mol. The lowest BCUT2D eigenvalue weighted by atomic mass is 10.0. The van der Waals surface area contributed by atoms with Crippen molar-refractivity contribution in [1.29, 1.82) is 0 Å². The van der Waals surface area contributed by atoms with Crippen LogP contribution in [0.2, 0.25) is 0 Å². The van der Waals surface area contributed by atoms with Crippen molar-refractivity contribution in [2.75, 3.05) is 13.7 Å². The number of hydrogen-bond donors (Lipinski definition) is 0. The van der Waals surface area contributed by atoms with Crippen LogP contribution in [0, 0.1) is 6.92 Å². The van der Waals surface area contributed by atoms with Crippen LogP contribution in [-0.4, -0.2) is 13.7 Å². The molecule has 1 heterocycles. The molecule has 2 nitrogen and oxygen atoms in total. The van der Waals surface area contributed by atoms with Gasteiger partial charge in [-0.2, -0.15) is 0 Å². The minimum Gasteiger partial charge on any atom is -0.495 e. The molecule has 0 amide bonds. The van der Waals surface area contributed by atoms with E-state index in [-0.39, 0.29) is 0 Å². The molecule has 1 aromatic heterocycles. The number of rotatable bonds is 4. The van der Waals surface area contributed by atoms with E-state index in [2.05, 4.69) is 31.2 Å². The van der Waals surface area contributed by atoms with Crippen molar-refractivity contribution in [3.05, 3.63) is 47.3 Å². The summed E-state index contributed by atoms with van der Waals surface area (Å²) in [5.74, 6) is 1.85. The molecule has 3 aromatic rings. The van der Waals surface area contributed by atoms with Crippen molar-refractivity contribution >= 4 is 21.4 Å². The highest BCUT2D eigenvalue weighted by atomic mass is 32.1. The average molecular weight is 298 g/mol. The minimum absolute atomic E-state index is 0.690. The van der Waals surface area contributed by atoms with Crippen LogP contribution in [0.5, 0.6) is 11.5 Å². The molecule has 3 rings (SSSR count). The lowest BCUT2D eigenvalue weighted by molar-refractivity contribution is 0.340. The van der Waals surface area contributed by atoms with Gasteiger partial charge in [0.05, 0.1) is 18.4 Å². The molecule has 0 radical (unpaired) electrons. The van der Waals surface area contributed by atoms with Crippen LogP contribution in [0.4, 0.5) is 0 Å². The quantitative estimate of drug-likeness (QED) is 0.652. The van der Waals surface area contributed by atoms with E-state index in [1.54, 1.807) is 18.4 Å². The van der Waals surface area contributed by atoms with Crippen molar-refractivity contribution in [1.82, 2.24) is 0 Å². The second-order valence-corrected chi connectivity index (χ2v) is 6.13. The zero-order valence-corrected chi connectivity index (χ0v) is 13.3. The first kappa shape index (κ1) is 14.0. The normalized spacial score (nSPS) is 10.8. The summed E-state index contributed by atoms with van der Waals surface area (Å²) in [6, 6.07) is 14.7. The maximum absolute atomic E-state index is 5.51. The van der Waals surface area contributed by atoms with Crippen LogP contribution in [0.1, 0.15) is 11.8 Å².